The maximum atomic E-state index is 13.1. The van der Waals surface area contributed by atoms with Crippen molar-refractivity contribution in [2.45, 2.75) is 12.5 Å². The van der Waals surface area contributed by atoms with E-state index in [2.05, 4.69) is 15.0 Å². The molecule has 0 bridgehead atoms. The van der Waals surface area contributed by atoms with E-state index in [0.29, 0.717) is 17.0 Å². The molecule has 0 fully saturated rings. The lowest BCUT2D eigenvalue weighted by Gasteiger charge is -2.14. The Balaban J connectivity index is 1.90. The molecule has 0 aliphatic heterocycles. The molecule has 0 aliphatic carbocycles. The van der Waals surface area contributed by atoms with Crippen LogP contribution >= 0.6 is 0 Å². The molecule has 0 saturated carbocycles. The Morgan fingerprint density at radius 3 is 2.28 bits per heavy atom. The van der Waals surface area contributed by atoms with Gasteiger partial charge < -0.3 is 20.0 Å². The highest BCUT2D eigenvalue weighted by atomic mass is 19.4. The van der Waals surface area contributed by atoms with Gasteiger partial charge in [-0.2, -0.15) is 17.9 Å². The number of halogens is 6. The molecule has 3 rings (SSSR count). The Morgan fingerprint density at radius 1 is 1.03 bits per heavy atom. The number of benzene rings is 1. The van der Waals surface area contributed by atoms with Crippen LogP contribution in [0.5, 0.6) is 17.4 Å². The second-order valence-electron chi connectivity index (χ2n) is 6.10. The molecule has 168 valence electrons. The number of hydrogen-bond donors (Lipinski definition) is 1. The van der Waals surface area contributed by atoms with Crippen LogP contribution in [0.4, 0.5) is 32.0 Å². The minimum Gasteiger partial charge on any atom is -0.619 e. The first-order chi connectivity index (χ1) is 14.9. The smallest absolute Gasteiger partial charge is 0.573 e. The van der Waals surface area contributed by atoms with Crippen LogP contribution in [0.25, 0.3) is 0 Å². The fourth-order valence-electron chi connectivity index (χ4n) is 2.40. The first-order valence-corrected chi connectivity index (χ1v) is 8.52. The van der Waals surface area contributed by atoms with Crippen LogP contribution in [0.3, 0.4) is 0 Å². The monoisotopic (exact) mass is 459 g/mol. The number of anilines is 1. The van der Waals surface area contributed by atoms with E-state index in [0.717, 1.165) is 36.7 Å². The first kappa shape index (κ1) is 22.7. The van der Waals surface area contributed by atoms with Gasteiger partial charge in [-0.15, -0.1) is 13.2 Å². The fraction of sp³-hybridized carbons (Fsp3) is 0.105. The van der Waals surface area contributed by atoms with Crippen LogP contribution in [-0.4, -0.2) is 17.3 Å². The Kier molecular flexibility index (Phi) is 6.09. The quantitative estimate of drug-likeness (QED) is 0.340. The summed E-state index contributed by atoms with van der Waals surface area (Å²) in [6.45, 7) is 0. The molecule has 2 aromatic heterocycles. The van der Waals surface area contributed by atoms with E-state index in [1.165, 1.54) is 12.1 Å². The van der Waals surface area contributed by atoms with Crippen molar-refractivity contribution in [2.75, 3.05) is 5.32 Å². The summed E-state index contributed by atoms with van der Waals surface area (Å²) in [6, 6.07) is 7.02. The van der Waals surface area contributed by atoms with Crippen molar-refractivity contribution in [3.63, 3.8) is 0 Å². The maximum Gasteiger partial charge on any atom is 0.573 e. The number of amides is 1. The molecule has 13 heteroatoms. The van der Waals surface area contributed by atoms with Gasteiger partial charge in [0.25, 0.3) is 5.91 Å². The van der Waals surface area contributed by atoms with E-state index in [9.17, 15) is 36.3 Å². The molecular weight excluding hydrogens is 448 g/mol. The van der Waals surface area contributed by atoms with Gasteiger partial charge in [-0.1, -0.05) is 0 Å². The SMILES string of the molecule is O=C(Nc1ccc[n+]([O-])c1)c1cc(C(F)(F)F)cnc1Oc1ccc(OC(F)(F)F)cc1. The number of ether oxygens (including phenoxy) is 2. The summed E-state index contributed by atoms with van der Waals surface area (Å²) in [6.07, 6.45) is -7.20. The predicted molar refractivity (Wildman–Crippen MR) is 95.8 cm³/mol. The maximum absolute atomic E-state index is 13.1. The fourth-order valence-corrected chi connectivity index (χ4v) is 2.40. The number of nitrogens with one attached hydrogen (secondary N) is 1. The number of carbonyl (C=O) groups is 1. The standard InChI is InChI=1S/C19H11F6N3O4/c20-18(21,22)11-8-15(16(29)27-12-2-1-7-28(30)10-12)17(26-9-11)31-13-3-5-14(6-4-13)32-19(23,24)25/h1-10H,(H,27,29). The Morgan fingerprint density at radius 2 is 1.69 bits per heavy atom. The van der Waals surface area contributed by atoms with Gasteiger partial charge in [-0.25, -0.2) is 4.98 Å². The second kappa shape index (κ2) is 8.61. The summed E-state index contributed by atoms with van der Waals surface area (Å²) in [5, 5.41) is 13.6. The summed E-state index contributed by atoms with van der Waals surface area (Å²) >= 11 is 0. The number of alkyl halides is 6. The minimum atomic E-state index is -4.91. The molecule has 1 N–H and O–H groups in total. The highest BCUT2D eigenvalue weighted by Crippen LogP contribution is 2.33. The van der Waals surface area contributed by atoms with E-state index in [1.807, 2.05) is 0 Å². The van der Waals surface area contributed by atoms with Gasteiger partial charge in [-0.05, 0) is 36.4 Å². The second-order valence-corrected chi connectivity index (χ2v) is 6.10. The molecule has 7 nitrogen and oxygen atoms in total. The zero-order valence-electron chi connectivity index (χ0n) is 15.6. The first-order valence-electron chi connectivity index (χ1n) is 8.52. The molecule has 1 amide bonds. The van der Waals surface area contributed by atoms with Gasteiger partial charge in [0.2, 0.25) is 12.1 Å². The van der Waals surface area contributed by atoms with Crippen molar-refractivity contribution in [1.82, 2.24) is 4.98 Å². The molecule has 0 unspecified atom stereocenters. The van der Waals surface area contributed by atoms with Crippen molar-refractivity contribution in [2.24, 2.45) is 0 Å². The van der Waals surface area contributed by atoms with Crippen LogP contribution in [0, 0.1) is 5.21 Å². The van der Waals surface area contributed by atoms with Gasteiger partial charge in [0.05, 0.1) is 5.56 Å². The lowest BCUT2D eigenvalue weighted by molar-refractivity contribution is -0.604. The average Bonchev–Trinajstić information content (AvgIpc) is 2.68. The van der Waals surface area contributed by atoms with E-state index < -0.39 is 41.2 Å². The number of aromatic nitrogens is 2. The third kappa shape index (κ3) is 6.00. The normalized spacial score (nSPS) is 11.7. The number of rotatable bonds is 5. The van der Waals surface area contributed by atoms with Gasteiger partial charge in [0.15, 0.2) is 6.20 Å². The summed E-state index contributed by atoms with van der Waals surface area (Å²) in [7, 11) is 0. The van der Waals surface area contributed by atoms with Crippen LogP contribution in [0.1, 0.15) is 15.9 Å². The highest BCUT2D eigenvalue weighted by Gasteiger charge is 2.33. The molecule has 1 aromatic carbocycles. The average molecular weight is 459 g/mol. The zero-order chi connectivity index (χ0) is 23.5. The van der Waals surface area contributed by atoms with Gasteiger partial charge in [0, 0.05) is 12.3 Å². The van der Waals surface area contributed by atoms with Crippen LogP contribution in [0.15, 0.2) is 61.1 Å². The molecule has 3 aromatic rings. The van der Waals surface area contributed by atoms with E-state index in [4.69, 9.17) is 4.74 Å². The Labute approximate surface area is 175 Å². The van der Waals surface area contributed by atoms with Gasteiger partial charge in [-0.3, -0.25) is 4.79 Å². The van der Waals surface area contributed by atoms with Crippen LogP contribution in [-0.2, 0) is 6.18 Å². The lowest BCUT2D eigenvalue weighted by atomic mass is 10.1. The number of nitrogens with zero attached hydrogens (tertiary/aromatic N) is 2. The molecule has 0 radical (unpaired) electrons. The number of carbonyl (C=O) groups excluding carboxylic acids is 1. The number of hydrogen-bond acceptors (Lipinski definition) is 5. The molecule has 0 atom stereocenters. The van der Waals surface area contributed by atoms with Gasteiger partial charge >= 0.3 is 12.5 Å². The third-order valence-electron chi connectivity index (χ3n) is 3.73. The molecule has 32 heavy (non-hydrogen) atoms. The molecule has 0 saturated heterocycles. The summed E-state index contributed by atoms with van der Waals surface area (Å²) in [5.74, 6) is -2.30. The summed E-state index contributed by atoms with van der Waals surface area (Å²) in [4.78, 5) is 16.1. The van der Waals surface area contributed by atoms with E-state index in [-0.39, 0.29) is 11.4 Å². The van der Waals surface area contributed by atoms with Crippen LogP contribution < -0.4 is 19.5 Å². The van der Waals surface area contributed by atoms with Crippen molar-refractivity contribution >= 4 is 11.6 Å². The lowest BCUT2D eigenvalue weighted by Crippen LogP contribution is -2.25. The van der Waals surface area contributed by atoms with E-state index in [1.54, 1.807) is 0 Å². The van der Waals surface area contributed by atoms with Crippen molar-refractivity contribution < 1.29 is 45.3 Å². The van der Waals surface area contributed by atoms with Crippen molar-refractivity contribution in [1.29, 1.82) is 0 Å². The molecular formula is C19H11F6N3O4. The molecule has 0 aliphatic rings. The minimum absolute atomic E-state index is 0.00971. The topological polar surface area (TPSA) is 87.4 Å². The zero-order valence-corrected chi connectivity index (χ0v) is 15.6. The molecule has 0 spiro atoms. The Hall–Kier alpha value is -4.03. The summed E-state index contributed by atoms with van der Waals surface area (Å²) in [5.41, 5.74) is -1.88. The molecule has 2 heterocycles. The van der Waals surface area contributed by atoms with Crippen molar-refractivity contribution in [3.05, 3.63) is 77.4 Å². The predicted octanol–water partition coefficient (Wildman–Crippen LogP) is 4.68. The van der Waals surface area contributed by atoms with E-state index >= 15 is 0 Å². The van der Waals surface area contributed by atoms with Gasteiger partial charge in [0.1, 0.15) is 22.7 Å². The summed E-state index contributed by atoms with van der Waals surface area (Å²) < 4.78 is 85.4. The number of pyridine rings is 2. The van der Waals surface area contributed by atoms with Crippen molar-refractivity contribution in [3.8, 4) is 17.4 Å². The largest absolute Gasteiger partial charge is 0.619 e. The van der Waals surface area contributed by atoms with Crippen LogP contribution in [0.2, 0.25) is 0 Å². The Bertz CT molecular complexity index is 1120. The third-order valence-corrected chi connectivity index (χ3v) is 3.73. The highest BCUT2D eigenvalue weighted by molar-refractivity contribution is 6.05.